The van der Waals surface area contributed by atoms with Crippen LogP contribution in [0.3, 0.4) is 0 Å². The van der Waals surface area contributed by atoms with Gasteiger partial charge in [0.05, 0.1) is 13.2 Å². The highest BCUT2D eigenvalue weighted by Gasteiger charge is 2.32. The first-order valence-electron chi connectivity index (χ1n) is 17.1. The number of carbonyl (C=O) groups excluding carboxylic acids is 2. The third-order valence-electron chi connectivity index (χ3n) is 8.63. The zero-order valence-electron chi connectivity index (χ0n) is 27.2. The lowest BCUT2D eigenvalue weighted by atomic mass is 9.97. The van der Waals surface area contributed by atoms with Crippen LogP contribution in [0.2, 0.25) is 0 Å². The summed E-state index contributed by atoms with van der Waals surface area (Å²) in [5.41, 5.74) is 0. The summed E-state index contributed by atoms with van der Waals surface area (Å²) in [6.07, 6.45) is 12.7. The third kappa shape index (κ3) is 14.2. The molecule has 0 bridgehead atoms. The maximum atomic E-state index is 12.1. The van der Waals surface area contributed by atoms with Gasteiger partial charge in [-0.25, -0.2) is 9.59 Å². The van der Waals surface area contributed by atoms with E-state index >= 15 is 0 Å². The molecule has 4 atom stereocenters. The van der Waals surface area contributed by atoms with E-state index < -0.39 is 0 Å². The maximum Gasteiger partial charge on any atom is 0.407 e. The Balaban J connectivity index is 1.43. The number of hydrogen-bond donors (Lipinski definition) is 2. The molecular weight excluding hydrogens is 536 g/mol. The average molecular weight is 599 g/mol. The summed E-state index contributed by atoms with van der Waals surface area (Å²) in [4.78, 5) is 28.8. The predicted molar refractivity (Wildman–Crippen MR) is 166 cm³/mol. The van der Waals surface area contributed by atoms with Crippen LogP contribution < -0.4 is 10.6 Å². The first-order valence-corrected chi connectivity index (χ1v) is 17.1. The number of nitrogens with zero attached hydrogens (tertiary/aromatic N) is 2. The molecule has 2 saturated heterocycles. The van der Waals surface area contributed by atoms with E-state index in [1.54, 1.807) is 0 Å². The van der Waals surface area contributed by atoms with Gasteiger partial charge in [-0.1, -0.05) is 66.2 Å². The van der Waals surface area contributed by atoms with Crippen LogP contribution in [-0.4, -0.2) is 100 Å². The Morgan fingerprint density at radius 2 is 1.12 bits per heavy atom. The highest BCUT2D eigenvalue weighted by molar-refractivity contribution is 5.67. The van der Waals surface area contributed by atoms with Crippen molar-refractivity contribution in [3.63, 3.8) is 0 Å². The Bertz CT molecular complexity index is 656. The first-order chi connectivity index (χ1) is 20.5. The molecule has 42 heavy (non-hydrogen) atoms. The van der Waals surface area contributed by atoms with E-state index in [9.17, 15) is 9.59 Å². The lowest BCUT2D eigenvalue weighted by molar-refractivity contribution is -0.0238. The highest BCUT2D eigenvalue weighted by Crippen LogP contribution is 2.26. The zero-order valence-corrected chi connectivity index (χ0v) is 27.2. The average Bonchev–Trinajstić information content (AvgIpc) is 3.65. The van der Waals surface area contributed by atoms with Crippen molar-refractivity contribution in [2.75, 3.05) is 65.7 Å². The minimum Gasteiger partial charge on any atom is -0.448 e. The van der Waals surface area contributed by atoms with Gasteiger partial charge >= 0.3 is 12.2 Å². The summed E-state index contributed by atoms with van der Waals surface area (Å²) in [7, 11) is 0. The topological polar surface area (TPSA) is 102 Å². The van der Waals surface area contributed by atoms with E-state index in [0.29, 0.717) is 51.2 Å². The smallest absolute Gasteiger partial charge is 0.407 e. The van der Waals surface area contributed by atoms with Gasteiger partial charge in [0.15, 0.2) is 0 Å². The van der Waals surface area contributed by atoms with Gasteiger partial charge in [0.1, 0.15) is 25.7 Å². The number of amides is 2. The Morgan fingerprint density at radius 3 is 1.50 bits per heavy atom. The predicted octanol–water partition coefficient (Wildman–Crippen LogP) is 5.75. The molecule has 4 unspecified atom stereocenters. The minimum atomic E-state index is -0.355. The van der Waals surface area contributed by atoms with Gasteiger partial charge in [0, 0.05) is 39.3 Å². The lowest BCUT2D eigenvalue weighted by Gasteiger charge is -2.29. The van der Waals surface area contributed by atoms with E-state index in [4.69, 9.17) is 18.9 Å². The van der Waals surface area contributed by atoms with E-state index in [0.717, 1.165) is 64.8 Å². The van der Waals surface area contributed by atoms with Gasteiger partial charge in [-0.3, -0.25) is 9.80 Å². The van der Waals surface area contributed by atoms with Crippen LogP contribution in [0, 0.1) is 11.8 Å². The monoisotopic (exact) mass is 598 g/mol. The number of ether oxygens (including phenoxy) is 4. The molecule has 0 aromatic carbocycles. The van der Waals surface area contributed by atoms with Crippen LogP contribution in [0.4, 0.5) is 9.59 Å². The first kappa shape index (κ1) is 36.6. The molecular formula is C32H62N4O6. The fourth-order valence-corrected chi connectivity index (χ4v) is 6.02. The molecule has 10 nitrogen and oxygen atoms in total. The summed E-state index contributed by atoms with van der Waals surface area (Å²) < 4.78 is 22.8. The number of hydrogen-bond acceptors (Lipinski definition) is 8. The third-order valence-corrected chi connectivity index (χ3v) is 8.63. The van der Waals surface area contributed by atoms with Crippen molar-refractivity contribution in [3.8, 4) is 0 Å². The molecule has 0 radical (unpaired) electrons. The molecule has 2 rings (SSSR count). The molecule has 0 aromatic heterocycles. The summed E-state index contributed by atoms with van der Waals surface area (Å²) in [5.74, 6) is 1.08. The quantitative estimate of drug-likeness (QED) is 0.143. The Kier molecular flexibility index (Phi) is 19.9. The van der Waals surface area contributed by atoms with Crippen molar-refractivity contribution in [1.82, 2.24) is 20.4 Å². The number of alkyl carbamates (subject to hydrolysis) is 2. The van der Waals surface area contributed by atoms with Crippen LogP contribution in [0.15, 0.2) is 0 Å². The summed E-state index contributed by atoms with van der Waals surface area (Å²) in [6.45, 7) is 15.6. The SMILES string of the molecule is CCCCC(CC)C1OCCN1CCOC(=O)NCCCCCCNC(=O)OCCN1CCOC1C(CC)CCCC. The van der Waals surface area contributed by atoms with Gasteiger partial charge in [-0.2, -0.15) is 0 Å². The van der Waals surface area contributed by atoms with E-state index in [1.165, 1.54) is 38.5 Å². The van der Waals surface area contributed by atoms with Crippen LogP contribution in [0.5, 0.6) is 0 Å². The molecule has 2 aliphatic heterocycles. The molecule has 2 fully saturated rings. The summed E-state index contributed by atoms with van der Waals surface area (Å²) in [6, 6.07) is 0. The second-order valence-corrected chi connectivity index (χ2v) is 11.8. The molecule has 2 amide bonds. The fraction of sp³-hybridized carbons (Fsp3) is 0.938. The van der Waals surface area contributed by atoms with Gasteiger partial charge in [0.2, 0.25) is 0 Å². The Labute approximate surface area is 255 Å². The second kappa shape index (κ2) is 22.9. The molecule has 2 heterocycles. The van der Waals surface area contributed by atoms with Crippen molar-refractivity contribution in [1.29, 1.82) is 0 Å². The van der Waals surface area contributed by atoms with Gasteiger partial charge in [0.25, 0.3) is 0 Å². The Hall–Kier alpha value is -1.62. The molecule has 0 aromatic rings. The Morgan fingerprint density at radius 1 is 0.690 bits per heavy atom. The van der Waals surface area contributed by atoms with Gasteiger partial charge < -0.3 is 29.6 Å². The molecule has 0 spiro atoms. The van der Waals surface area contributed by atoms with E-state index in [1.807, 2.05) is 0 Å². The second-order valence-electron chi connectivity index (χ2n) is 11.8. The van der Waals surface area contributed by atoms with E-state index in [2.05, 4.69) is 48.1 Å². The number of unbranched alkanes of at least 4 members (excludes halogenated alkanes) is 5. The summed E-state index contributed by atoms with van der Waals surface area (Å²) in [5, 5.41) is 5.69. The highest BCUT2D eigenvalue weighted by atomic mass is 16.6. The van der Waals surface area contributed by atoms with Crippen molar-refractivity contribution in [3.05, 3.63) is 0 Å². The van der Waals surface area contributed by atoms with Crippen molar-refractivity contribution in [2.24, 2.45) is 11.8 Å². The van der Waals surface area contributed by atoms with Crippen molar-refractivity contribution < 1.29 is 28.5 Å². The minimum absolute atomic E-state index is 0.149. The van der Waals surface area contributed by atoms with Gasteiger partial charge in [-0.05, 0) is 50.4 Å². The molecule has 2 aliphatic rings. The summed E-state index contributed by atoms with van der Waals surface area (Å²) >= 11 is 0. The fourth-order valence-electron chi connectivity index (χ4n) is 6.02. The van der Waals surface area contributed by atoms with Crippen LogP contribution in [0.1, 0.15) is 105 Å². The zero-order chi connectivity index (χ0) is 30.4. The standard InChI is InChI=1S/C32H62N4O6/c1-5-9-15-27(7-3)29-35(19-23-39-29)21-25-41-31(37)33-17-13-11-12-14-18-34-32(38)42-26-22-36-20-24-40-30(36)28(8-4)16-10-6-2/h27-30H,5-26H2,1-4H3,(H,33,37)(H,34,38). The van der Waals surface area contributed by atoms with Crippen molar-refractivity contribution in [2.45, 2.75) is 117 Å². The molecule has 10 heteroatoms. The largest absolute Gasteiger partial charge is 0.448 e. The van der Waals surface area contributed by atoms with E-state index in [-0.39, 0.29) is 24.6 Å². The number of rotatable bonds is 23. The number of carbonyl (C=O) groups is 2. The van der Waals surface area contributed by atoms with Crippen LogP contribution >= 0.6 is 0 Å². The van der Waals surface area contributed by atoms with Crippen molar-refractivity contribution >= 4 is 12.2 Å². The molecule has 246 valence electrons. The maximum absolute atomic E-state index is 12.1. The number of nitrogens with one attached hydrogen (secondary N) is 2. The molecule has 0 aliphatic carbocycles. The lowest BCUT2D eigenvalue weighted by Crippen LogP contribution is -2.39. The van der Waals surface area contributed by atoms with Gasteiger partial charge in [-0.15, -0.1) is 0 Å². The molecule has 2 N–H and O–H groups in total. The van der Waals surface area contributed by atoms with Crippen LogP contribution in [0.25, 0.3) is 0 Å². The van der Waals surface area contributed by atoms with Crippen LogP contribution in [-0.2, 0) is 18.9 Å². The molecule has 0 saturated carbocycles. The normalized spacial score (nSPS) is 20.9.